The Morgan fingerprint density at radius 3 is 1.46 bits per heavy atom. The van der Waals surface area contributed by atoms with Crippen molar-refractivity contribution in [2.45, 2.75) is 232 Å². The number of rotatable bonds is 41. The van der Waals surface area contributed by atoms with Crippen molar-refractivity contribution in [3.63, 3.8) is 0 Å². The second-order valence-corrected chi connectivity index (χ2v) is 16.5. The number of carbonyl (C=O) groups is 2. The van der Waals surface area contributed by atoms with Gasteiger partial charge in [0.2, 0.25) is 0 Å². The van der Waals surface area contributed by atoms with E-state index in [1.807, 2.05) is 0 Å². The Bertz CT molecular complexity index is 789. The lowest BCUT2D eigenvalue weighted by Gasteiger charge is -2.30. The number of esters is 2. The molecule has 1 fully saturated rings. The van der Waals surface area contributed by atoms with E-state index in [0.717, 1.165) is 97.4 Å². The molecule has 1 aliphatic heterocycles. The van der Waals surface area contributed by atoms with Crippen LogP contribution in [0.2, 0.25) is 0 Å². The number of carbonyl (C=O) groups excluding carboxylic acids is 2. The number of ether oxygens (including phenoxy) is 3. The van der Waals surface area contributed by atoms with E-state index < -0.39 is 0 Å². The smallest absolute Gasteiger partial charge is 0.306 e. The molecule has 0 N–H and O–H groups in total. The zero-order chi connectivity index (χ0) is 39.0. The lowest BCUT2D eigenvalue weighted by molar-refractivity contribution is -0.150. The fourth-order valence-electron chi connectivity index (χ4n) is 7.67. The van der Waals surface area contributed by atoms with Crippen LogP contribution in [0.1, 0.15) is 226 Å². The van der Waals surface area contributed by atoms with Crippen molar-refractivity contribution in [3.05, 3.63) is 0 Å². The molecule has 320 valence electrons. The van der Waals surface area contributed by atoms with Gasteiger partial charge in [-0.2, -0.15) is 0 Å². The third-order valence-corrected chi connectivity index (χ3v) is 11.4. The largest absolute Gasteiger partial charge is 0.466 e. The van der Waals surface area contributed by atoms with E-state index in [1.54, 1.807) is 0 Å². The maximum atomic E-state index is 12.8. The molecule has 0 radical (unpaired) electrons. The summed E-state index contributed by atoms with van der Waals surface area (Å²) in [4.78, 5) is 30.1. The monoisotopic (exact) mass is 765 g/mol. The fourth-order valence-corrected chi connectivity index (χ4v) is 7.67. The SMILES string of the molecule is CCCCCCCCOC(=O)CCCCCCCN(CCCCCCCC(=O)OC(CCCCCCCC)CCCCCCCC)CCN1CCOCC1. The van der Waals surface area contributed by atoms with Crippen molar-refractivity contribution in [1.29, 1.82) is 0 Å². The van der Waals surface area contributed by atoms with Crippen LogP contribution >= 0.6 is 0 Å². The Morgan fingerprint density at radius 1 is 0.519 bits per heavy atom. The lowest BCUT2D eigenvalue weighted by Crippen LogP contribution is -2.41. The molecule has 0 unspecified atom stereocenters. The van der Waals surface area contributed by atoms with E-state index in [4.69, 9.17) is 14.2 Å². The van der Waals surface area contributed by atoms with Gasteiger partial charge >= 0.3 is 11.9 Å². The number of unbranched alkanes of at least 4 members (excludes halogenated alkanes) is 23. The van der Waals surface area contributed by atoms with Crippen molar-refractivity contribution in [2.75, 3.05) is 59.1 Å². The van der Waals surface area contributed by atoms with Crippen LogP contribution in [0.15, 0.2) is 0 Å². The van der Waals surface area contributed by atoms with Gasteiger partial charge in [0.1, 0.15) is 6.10 Å². The van der Waals surface area contributed by atoms with Gasteiger partial charge in [0.15, 0.2) is 0 Å². The first-order valence-corrected chi connectivity index (χ1v) is 24.0. The fraction of sp³-hybridized carbons (Fsp3) is 0.957. The highest BCUT2D eigenvalue weighted by Crippen LogP contribution is 2.19. The first kappa shape index (κ1) is 50.8. The van der Waals surface area contributed by atoms with Gasteiger partial charge in [-0.15, -0.1) is 0 Å². The van der Waals surface area contributed by atoms with Crippen LogP contribution in [0.3, 0.4) is 0 Å². The van der Waals surface area contributed by atoms with Crippen LogP contribution in [0.4, 0.5) is 0 Å². The van der Waals surface area contributed by atoms with Gasteiger partial charge in [0.25, 0.3) is 0 Å². The predicted molar refractivity (Wildman–Crippen MR) is 229 cm³/mol. The molecule has 0 spiro atoms. The molecule has 1 aliphatic rings. The van der Waals surface area contributed by atoms with Gasteiger partial charge in [0, 0.05) is 39.0 Å². The average molecular weight is 765 g/mol. The summed E-state index contributed by atoms with van der Waals surface area (Å²) in [5.41, 5.74) is 0. The number of hydrogen-bond donors (Lipinski definition) is 0. The van der Waals surface area contributed by atoms with Gasteiger partial charge in [-0.1, -0.05) is 156 Å². The number of hydrogen-bond acceptors (Lipinski definition) is 7. The van der Waals surface area contributed by atoms with E-state index in [2.05, 4.69) is 30.6 Å². The molecule has 54 heavy (non-hydrogen) atoms. The van der Waals surface area contributed by atoms with Gasteiger partial charge < -0.3 is 19.1 Å². The Morgan fingerprint density at radius 2 is 0.944 bits per heavy atom. The summed E-state index contributed by atoms with van der Waals surface area (Å²) >= 11 is 0. The summed E-state index contributed by atoms with van der Waals surface area (Å²) in [5, 5.41) is 0. The van der Waals surface area contributed by atoms with Crippen LogP contribution in [0.5, 0.6) is 0 Å². The van der Waals surface area contributed by atoms with Gasteiger partial charge in [0.05, 0.1) is 19.8 Å². The predicted octanol–water partition coefficient (Wildman–Crippen LogP) is 12.6. The number of nitrogens with zero attached hydrogens (tertiary/aromatic N) is 2. The van der Waals surface area contributed by atoms with Crippen molar-refractivity contribution < 1.29 is 23.8 Å². The third kappa shape index (κ3) is 34.1. The van der Waals surface area contributed by atoms with Crippen LogP contribution < -0.4 is 0 Å². The molecule has 0 aromatic carbocycles. The molecule has 0 aromatic rings. The molecule has 1 rings (SSSR count). The molecular weight excluding hydrogens is 673 g/mol. The van der Waals surface area contributed by atoms with Gasteiger partial charge in [-0.05, 0) is 70.9 Å². The molecule has 7 nitrogen and oxygen atoms in total. The normalized spacial score (nSPS) is 13.6. The first-order chi connectivity index (χ1) is 26.6. The van der Waals surface area contributed by atoms with E-state index >= 15 is 0 Å². The summed E-state index contributed by atoms with van der Waals surface area (Å²) < 4.78 is 17.1. The minimum atomic E-state index is -0.0102. The topological polar surface area (TPSA) is 68.3 Å². The molecule has 1 heterocycles. The Balaban J connectivity index is 2.25. The van der Waals surface area contributed by atoms with Crippen LogP contribution in [0, 0.1) is 0 Å². The quantitative estimate of drug-likeness (QED) is 0.0453. The highest BCUT2D eigenvalue weighted by Gasteiger charge is 2.15. The Labute approximate surface area is 336 Å². The molecule has 0 atom stereocenters. The van der Waals surface area contributed by atoms with E-state index in [9.17, 15) is 9.59 Å². The molecular formula is C47H92N2O5. The van der Waals surface area contributed by atoms with Crippen LogP contribution in [-0.2, 0) is 23.8 Å². The summed E-state index contributed by atoms with van der Waals surface area (Å²) in [6.07, 6.45) is 37.6. The summed E-state index contributed by atoms with van der Waals surface area (Å²) in [6, 6.07) is 0. The minimum Gasteiger partial charge on any atom is -0.466 e. The van der Waals surface area contributed by atoms with Gasteiger partial charge in [-0.3, -0.25) is 14.5 Å². The third-order valence-electron chi connectivity index (χ3n) is 11.4. The summed E-state index contributed by atoms with van der Waals surface area (Å²) in [5.74, 6) is 0.0266. The molecule has 0 saturated carbocycles. The standard InChI is InChI=1S/C47H92N2O5/c1-4-7-10-13-18-25-32-45(33-26-19-14-11-8-5-2)54-47(51)35-28-21-17-23-30-37-48(38-39-49-40-43-52-44-41-49)36-29-22-16-20-27-34-46(50)53-42-31-24-15-12-9-6-3/h45H,4-44H2,1-3H3. The molecule has 1 saturated heterocycles. The molecule has 0 aromatic heterocycles. The lowest BCUT2D eigenvalue weighted by atomic mass is 10.0. The van der Waals surface area contributed by atoms with Crippen molar-refractivity contribution in [3.8, 4) is 0 Å². The maximum absolute atomic E-state index is 12.8. The van der Waals surface area contributed by atoms with E-state index in [1.165, 1.54) is 148 Å². The van der Waals surface area contributed by atoms with Gasteiger partial charge in [-0.25, -0.2) is 0 Å². The van der Waals surface area contributed by atoms with Crippen LogP contribution in [0.25, 0.3) is 0 Å². The van der Waals surface area contributed by atoms with Crippen molar-refractivity contribution in [2.24, 2.45) is 0 Å². The zero-order valence-electron chi connectivity index (χ0n) is 36.5. The van der Waals surface area contributed by atoms with Crippen LogP contribution in [-0.4, -0.2) is 86.9 Å². The van der Waals surface area contributed by atoms with E-state index in [-0.39, 0.29) is 18.0 Å². The second-order valence-electron chi connectivity index (χ2n) is 16.5. The molecule has 7 heteroatoms. The maximum Gasteiger partial charge on any atom is 0.306 e. The zero-order valence-corrected chi connectivity index (χ0v) is 36.5. The van der Waals surface area contributed by atoms with Crippen molar-refractivity contribution >= 4 is 11.9 Å². The number of morpholine rings is 1. The second kappa shape index (κ2) is 40.0. The molecule has 0 bridgehead atoms. The highest BCUT2D eigenvalue weighted by atomic mass is 16.5. The highest BCUT2D eigenvalue weighted by molar-refractivity contribution is 5.69. The molecule has 0 amide bonds. The minimum absolute atomic E-state index is 0.0102. The van der Waals surface area contributed by atoms with Crippen molar-refractivity contribution in [1.82, 2.24) is 9.80 Å². The summed E-state index contributed by atoms with van der Waals surface area (Å²) in [6.45, 7) is 15.8. The Kier molecular flexibility index (Phi) is 37.7. The molecule has 0 aliphatic carbocycles. The van der Waals surface area contributed by atoms with E-state index in [0.29, 0.717) is 19.4 Å². The Hall–Kier alpha value is -1.18. The average Bonchev–Trinajstić information content (AvgIpc) is 3.18. The first-order valence-electron chi connectivity index (χ1n) is 24.0. The summed E-state index contributed by atoms with van der Waals surface area (Å²) in [7, 11) is 0.